The van der Waals surface area contributed by atoms with E-state index in [1.165, 1.54) is 34.4 Å². The van der Waals surface area contributed by atoms with Gasteiger partial charge < -0.3 is 19.6 Å². The Hall–Kier alpha value is -2.29. The molecule has 1 aromatic heterocycles. The molecule has 0 atom stereocenters. The summed E-state index contributed by atoms with van der Waals surface area (Å²) in [5.41, 5.74) is 2.99. The van der Waals surface area contributed by atoms with Crippen LogP contribution in [0.1, 0.15) is 63.0 Å². The van der Waals surface area contributed by atoms with Gasteiger partial charge in [-0.25, -0.2) is 0 Å². The number of hydrogen-bond donors (Lipinski definition) is 1. The van der Waals surface area contributed by atoms with Gasteiger partial charge in [-0.05, 0) is 74.8 Å². The number of aliphatic carboxylic acids is 1. The third-order valence-corrected chi connectivity index (χ3v) is 9.58. The van der Waals surface area contributed by atoms with Gasteiger partial charge in [-0.2, -0.15) is 0 Å². The van der Waals surface area contributed by atoms with Gasteiger partial charge in [0.25, 0.3) is 0 Å². The number of carboxylic acid groups (broad SMARTS) is 1. The maximum atomic E-state index is 11.6. The zero-order valence-electron chi connectivity index (χ0n) is 21.5. The molecule has 9 heteroatoms. The smallest absolute Gasteiger partial charge is 0.309 e. The minimum absolute atomic E-state index is 0.251. The molecule has 198 valence electrons. The number of hydrogen-bond acceptors (Lipinski definition) is 7. The molecule has 0 radical (unpaired) electrons. The number of piperidine rings is 1. The monoisotopic (exact) mass is 543 g/mol. The molecule has 37 heavy (non-hydrogen) atoms. The Labute approximate surface area is 227 Å². The molecular weight excluding hydrogens is 510 g/mol. The van der Waals surface area contributed by atoms with Crippen LogP contribution < -0.4 is 4.74 Å². The van der Waals surface area contributed by atoms with Gasteiger partial charge in [0.1, 0.15) is 11.6 Å². The Morgan fingerprint density at radius 3 is 2.65 bits per heavy atom. The van der Waals surface area contributed by atoms with E-state index in [-0.39, 0.29) is 5.60 Å². The Morgan fingerprint density at radius 2 is 2.03 bits per heavy atom. The van der Waals surface area contributed by atoms with E-state index in [4.69, 9.17) is 21.2 Å². The molecule has 1 aromatic carbocycles. The highest BCUT2D eigenvalue weighted by Gasteiger charge is 2.51. The second-order valence-electron chi connectivity index (χ2n) is 11.3. The predicted octanol–water partition coefficient (Wildman–Crippen LogP) is 5.82. The van der Waals surface area contributed by atoms with E-state index < -0.39 is 11.4 Å². The first-order valence-corrected chi connectivity index (χ1v) is 14.5. The largest absolute Gasteiger partial charge is 0.493 e. The van der Waals surface area contributed by atoms with Crippen LogP contribution in [0.15, 0.2) is 29.4 Å². The number of benzene rings is 1. The van der Waals surface area contributed by atoms with E-state index in [1.54, 1.807) is 11.3 Å². The summed E-state index contributed by atoms with van der Waals surface area (Å²) in [6, 6.07) is 8.65. The first-order valence-electron chi connectivity index (χ1n) is 13.3. The highest BCUT2D eigenvalue weighted by Crippen LogP contribution is 2.50. The third-order valence-electron chi connectivity index (χ3n) is 8.33. The number of carboxylic acids is 1. The molecule has 0 unspecified atom stereocenters. The molecule has 0 amide bonds. The van der Waals surface area contributed by atoms with Gasteiger partial charge >= 0.3 is 5.97 Å². The van der Waals surface area contributed by atoms with Gasteiger partial charge in [0, 0.05) is 43.2 Å². The summed E-state index contributed by atoms with van der Waals surface area (Å²) in [5.74, 6) is 1.82. The molecule has 7 nitrogen and oxygen atoms in total. The average Bonchev–Trinajstić information content (AvgIpc) is 3.46. The van der Waals surface area contributed by atoms with E-state index in [0.717, 1.165) is 55.1 Å². The lowest BCUT2D eigenvalue weighted by Gasteiger charge is -2.45. The van der Waals surface area contributed by atoms with Crippen molar-refractivity contribution in [3.8, 4) is 16.2 Å². The van der Waals surface area contributed by atoms with Crippen LogP contribution in [0.3, 0.4) is 0 Å². The fourth-order valence-corrected chi connectivity index (χ4v) is 7.05. The van der Waals surface area contributed by atoms with Crippen molar-refractivity contribution in [2.24, 2.45) is 10.6 Å². The van der Waals surface area contributed by atoms with Gasteiger partial charge in [-0.3, -0.25) is 9.69 Å². The summed E-state index contributed by atoms with van der Waals surface area (Å²) in [6.07, 6.45) is 4.52. The van der Waals surface area contributed by atoms with Crippen molar-refractivity contribution in [2.45, 2.75) is 64.0 Å². The van der Waals surface area contributed by atoms with Gasteiger partial charge in [-0.1, -0.05) is 22.8 Å². The van der Waals surface area contributed by atoms with Crippen molar-refractivity contribution in [3.63, 3.8) is 0 Å². The topological polar surface area (TPSA) is 74.6 Å². The summed E-state index contributed by atoms with van der Waals surface area (Å²) < 4.78 is 6.96. The lowest BCUT2D eigenvalue weighted by molar-refractivity contribution is -0.150. The minimum Gasteiger partial charge on any atom is -0.493 e. The lowest BCUT2D eigenvalue weighted by atomic mass is 9.80. The first kappa shape index (κ1) is 25.0. The quantitative estimate of drug-likeness (QED) is 0.474. The number of likely N-dealkylation sites (tertiary alicyclic amines) is 2. The van der Waals surface area contributed by atoms with E-state index in [0.29, 0.717) is 25.4 Å². The highest BCUT2D eigenvalue weighted by molar-refractivity contribution is 7.19. The lowest BCUT2D eigenvalue weighted by Crippen LogP contribution is -2.61. The number of carbonyl (C=O) groups is 1. The SMILES string of the molecule is CCOc1cc(CN2CC3(CC(N4CCC(C)(C(=O)O)CC4)=NO3)C2)cc(C2CC2)c1-c1ccc(Cl)s1. The number of oxime groups is 1. The number of thiophene rings is 1. The van der Waals surface area contributed by atoms with Crippen LogP contribution in [0.25, 0.3) is 10.4 Å². The molecule has 1 N–H and O–H groups in total. The average molecular weight is 544 g/mol. The zero-order chi connectivity index (χ0) is 25.8. The summed E-state index contributed by atoms with van der Waals surface area (Å²) in [4.78, 5) is 23.4. The van der Waals surface area contributed by atoms with Crippen molar-refractivity contribution in [2.75, 3.05) is 32.8 Å². The number of amidine groups is 1. The normalized spacial score (nSPS) is 22.5. The molecule has 2 aromatic rings. The molecule has 4 aliphatic rings. The molecule has 1 spiro atoms. The Bertz CT molecular complexity index is 1230. The fourth-order valence-electron chi connectivity index (χ4n) is 5.94. The second kappa shape index (κ2) is 9.47. The van der Waals surface area contributed by atoms with Gasteiger partial charge in [-0.15, -0.1) is 11.3 Å². The van der Waals surface area contributed by atoms with Gasteiger partial charge in [0.05, 0.1) is 22.8 Å². The predicted molar refractivity (Wildman–Crippen MR) is 146 cm³/mol. The molecular formula is C28H34ClN3O4S. The molecule has 0 bridgehead atoms. The molecule has 1 aliphatic carbocycles. The molecule has 1 saturated carbocycles. The molecule has 3 fully saturated rings. The van der Waals surface area contributed by atoms with E-state index in [1.807, 2.05) is 19.9 Å². The Morgan fingerprint density at radius 1 is 1.27 bits per heavy atom. The van der Waals surface area contributed by atoms with E-state index in [9.17, 15) is 9.90 Å². The third kappa shape index (κ3) is 4.84. The van der Waals surface area contributed by atoms with Crippen LogP contribution in [0.2, 0.25) is 4.34 Å². The first-order chi connectivity index (χ1) is 17.8. The summed E-state index contributed by atoms with van der Waals surface area (Å²) >= 11 is 7.90. The van der Waals surface area contributed by atoms with Crippen molar-refractivity contribution in [1.82, 2.24) is 9.80 Å². The Kier molecular flexibility index (Phi) is 6.40. The van der Waals surface area contributed by atoms with Crippen molar-refractivity contribution < 1.29 is 19.5 Å². The standard InChI is InChI=1S/C28H34ClN3O4S/c1-3-35-21-13-18(12-20(19-4-5-19)25(21)22-6-7-23(29)37-22)15-31-16-28(17-31)14-24(30-36-28)32-10-8-27(2,9-11-32)26(33)34/h6-7,12-13,19H,3-5,8-11,14-17H2,1-2H3,(H,33,34). The van der Waals surface area contributed by atoms with Gasteiger partial charge in [0.2, 0.25) is 0 Å². The number of nitrogens with zero attached hydrogens (tertiary/aromatic N) is 3. The molecule has 4 heterocycles. The summed E-state index contributed by atoms with van der Waals surface area (Å²) in [7, 11) is 0. The maximum Gasteiger partial charge on any atom is 0.309 e. The summed E-state index contributed by atoms with van der Waals surface area (Å²) in [6.45, 7) is 8.48. The van der Waals surface area contributed by atoms with Crippen LogP contribution in [-0.4, -0.2) is 65.1 Å². The van der Waals surface area contributed by atoms with E-state index in [2.05, 4.69) is 33.2 Å². The van der Waals surface area contributed by atoms with Crippen LogP contribution in [0, 0.1) is 5.41 Å². The fraction of sp³-hybridized carbons (Fsp3) is 0.571. The van der Waals surface area contributed by atoms with Crippen LogP contribution in [0.5, 0.6) is 5.75 Å². The van der Waals surface area contributed by atoms with Crippen LogP contribution in [0.4, 0.5) is 0 Å². The molecule has 6 rings (SSSR count). The summed E-state index contributed by atoms with van der Waals surface area (Å²) in [5, 5.41) is 13.9. The highest BCUT2D eigenvalue weighted by atomic mass is 35.5. The van der Waals surface area contributed by atoms with Gasteiger partial charge in [0.15, 0.2) is 5.60 Å². The van der Waals surface area contributed by atoms with E-state index >= 15 is 0 Å². The minimum atomic E-state index is -0.701. The Balaban J connectivity index is 1.11. The van der Waals surface area contributed by atoms with Crippen molar-refractivity contribution >= 4 is 34.7 Å². The number of rotatable bonds is 7. The number of halogens is 1. The van der Waals surface area contributed by atoms with Crippen molar-refractivity contribution in [3.05, 3.63) is 39.7 Å². The molecule has 3 aliphatic heterocycles. The number of ether oxygens (including phenoxy) is 1. The van der Waals surface area contributed by atoms with Crippen LogP contribution >= 0.6 is 22.9 Å². The maximum absolute atomic E-state index is 11.6. The van der Waals surface area contributed by atoms with Crippen LogP contribution in [-0.2, 0) is 16.2 Å². The molecule has 2 saturated heterocycles. The second-order valence-corrected chi connectivity index (χ2v) is 13.0. The zero-order valence-corrected chi connectivity index (χ0v) is 23.0. The van der Waals surface area contributed by atoms with Crippen molar-refractivity contribution in [1.29, 1.82) is 0 Å².